The number of hydrogen-bond acceptors (Lipinski definition) is 4. The summed E-state index contributed by atoms with van der Waals surface area (Å²) in [6.45, 7) is 4.52. The van der Waals surface area contributed by atoms with Gasteiger partial charge < -0.3 is 10.7 Å². The van der Waals surface area contributed by atoms with Gasteiger partial charge in [0.2, 0.25) is 5.43 Å². The highest BCUT2D eigenvalue weighted by atomic mass is 19.4. The first-order valence-corrected chi connectivity index (χ1v) is 7.95. The average Bonchev–Trinajstić information content (AvgIpc) is 2.58. The predicted octanol–water partition coefficient (Wildman–Crippen LogP) is 3.49. The number of nitrogens with zero attached hydrogens (tertiary/aromatic N) is 2. The van der Waals surface area contributed by atoms with Gasteiger partial charge >= 0.3 is 6.18 Å². The van der Waals surface area contributed by atoms with E-state index in [0.717, 1.165) is 18.3 Å². The second-order valence-corrected chi connectivity index (χ2v) is 6.04. The van der Waals surface area contributed by atoms with Crippen LogP contribution in [0.15, 0.2) is 47.4 Å². The molecule has 1 heterocycles. The molecule has 1 aromatic carbocycles. The lowest BCUT2D eigenvalue weighted by Crippen LogP contribution is -2.25. The summed E-state index contributed by atoms with van der Waals surface area (Å²) in [5.74, 6) is 0.290. The molecule has 0 amide bonds. The molecule has 1 aromatic heterocycles. The summed E-state index contributed by atoms with van der Waals surface area (Å²) in [5.41, 5.74) is -0.629. The van der Waals surface area contributed by atoms with Crippen molar-refractivity contribution >= 4 is 11.9 Å². The third kappa shape index (κ3) is 4.81. The van der Waals surface area contributed by atoms with Crippen LogP contribution in [0.3, 0.4) is 0 Å². The summed E-state index contributed by atoms with van der Waals surface area (Å²) in [5, 5.41) is 14.5. The molecule has 26 heavy (non-hydrogen) atoms. The Morgan fingerprint density at radius 1 is 1.35 bits per heavy atom. The molecular weight excluding hydrogens is 345 g/mol. The minimum absolute atomic E-state index is 0.0362. The molecule has 138 valence electrons. The molecule has 0 aliphatic rings. The molecule has 0 fully saturated rings. The minimum Gasteiger partial charge on any atom is -0.383 e. The van der Waals surface area contributed by atoms with Gasteiger partial charge in [0, 0.05) is 25.0 Å². The van der Waals surface area contributed by atoms with Gasteiger partial charge in [-0.2, -0.15) is 18.3 Å². The Kier molecular flexibility index (Phi) is 5.97. The summed E-state index contributed by atoms with van der Waals surface area (Å²) >= 11 is 0. The molecule has 2 rings (SSSR count). The predicted molar refractivity (Wildman–Crippen MR) is 94.4 cm³/mol. The fourth-order valence-corrected chi connectivity index (χ4v) is 2.18. The maximum absolute atomic E-state index is 12.9. The van der Waals surface area contributed by atoms with Crippen molar-refractivity contribution in [3.63, 3.8) is 0 Å². The van der Waals surface area contributed by atoms with Gasteiger partial charge in [0.15, 0.2) is 5.69 Å². The van der Waals surface area contributed by atoms with Crippen molar-refractivity contribution in [1.82, 2.24) is 15.1 Å². The molecule has 0 spiro atoms. The van der Waals surface area contributed by atoms with Crippen LogP contribution >= 0.6 is 0 Å². The van der Waals surface area contributed by atoms with Crippen LogP contribution in [0.4, 0.5) is 13.2 Å². The SMILES string of the molecule is CC(C)CN/C(=C\C=N)c1nn(-c2cccc(C(F)(F)F)c2)ccc1=O. The van der Waals surface area contributed by atoms with Crippen LogP contribution < -0.4 is 10.7 Å². The number of alkyl halides is 3. The molecule has 2 N–H and O–H groups in total. The van der Waals surface area contributed by atoms with Crippen LogP contribution in [0.2, 0.25) is 0 Å². The highest BCUT2D eigenvalue weighted by molar-refractivity contribution is 5.81. The Morgan fingerprint density at radius 3 is 2.69 bits per heavy atom. The highest BCUT2D eigenvalue weighted by Crippen LogP contribution is 2.30. The van der Waals surface area contributed by atoms with Gasteiger partial charge in [-0.15, -0.1) is 0 Å². The fraction of sp³-hybridized carbons (Fsp3) is 0.278. The number of nitrogens with one attached hydrogen (secondary N) is 2. The molecule has 0 saturated carbocycles. The van der Waals surface area contributed by atoms with Gasteiger partial charge in [-0.05, 0) is 30.2 Å². The molecule has 5 nitrogen and oxygen atoms in total. The van der Waals surface area contributed by atoms with E-state index in [4.69, 9.17) is 5.41 Å². The highest BCUT2D eigenvalue weighted by Gasteiger charge is 2.30. The normalized spacial score (nSPS) is 12.3. The average molecular weight is 364 g/mol. The number of rotatable bonds is 6. The van der Waals surface area contributed by atoms with E-state index in [1.54, 1.807) is 0 Å². The van der Waals surface area contributed by atoms with Crippen molar-refractivity contribution in [3.05, 3.63) is 64.1 Å². The van der Waals surface area contributed by atoms with Crippen LogP contribution in [0.5, 0.6) is 0 Å². The first kappa shape index (κ1) is 19.4. The maximum Gasteiger partial charge on any atom is 0.416 e. The first-order chi connectivity index (χ1) is 12.2. The van der Waals surface area contributed by atoms with E-state index in [1.807, 2.05) is 13.8 Å². The summed E-state index contributed by atoms with van der Waals surface area (Å²) in [6, 6.07) is 5.92. The number of halogens is 3. The van der Waals surface area contributed by atoms with Crippen molar-refractivity contribution < 1.29 is 13.2 Å². The van der Waals surface area contributed by atoms with E-state index >= 15 is 0 Å². The van der Waals surface area contributed by atoms with Gasteiger partial charge in [-0.3, -0.25) is 4.79 Å². The van der Waals surface area contributed by atoms with Crippen LogP contribution in [0.1, 0.15) is 25.1 Å². The molecule has 8 heteroatoms. The van der Waals surface area contributed by atoms with E-state index in [1.165, 1.54) is 35.2 Å². The van der Waals surface area contributed by atoms with Crippen molar-refractivity contribution in [2.24, 2.45) is 5.92 Å². The molecule has 0 aliphatic carbocycles. The Hall–Kier alpha value is -2.90. The lowest BCUT2D eigenvalue weighted by atomic mass is 10.2. The first-order valence-electron chi connectivity index (χ1n) is 7.95. The number of benzene rings is 1. The molecule has 2 aromatic rings. The number of aromatic nitrogens is 2. The zero-order chi connectivity index (χ0) is 19.3. The zero-order valence-corrected chi connectivity index (χ0v) is 14.3. The van der Waals surface area contributed by atoms with Gasteiger partial charge in [0.25, 0.3) is 0 Å². The van der Waals surface area contributed by atoms with E-state index < -0.39 is 17.2 Å². The molecule has 0 atom stereocenters. The second-order valence-electron chi connectivity index (χ2n) is 6.04. The molecule has 0 radical (unpaired) electrons. The Labute approximate surface area is 148 Å². The van der Waals surface area contributed by atoms with Crippen molar-refractivity contribution in [1.29, 1.82) is 5.41 Å². The lowest BCUT2D eigenvalue weighted by molar-refractivity contribution is -0.137. The van der Waals surface area contributed by atoms with Crippen molar-refractivity contribution in [2.75, 3.05) is 6.54 Å². The standard InChI is InChI=1S/C18H19F3N4O/c1-12(2)11-23-15(6-8-22)17-16(26)7-9-25(24-17)14-5-3-4-13(10-14)18(19,20)21/h3-10,12,22-23H,11H2,1-2H3/b15-6-,22-8?. The molecular formula is C18H19F3N4O. The summed E-state index contributed by atoms with van der Waals surface area (Å²) < 4.78 is 39.9. The quantitative estimate of drug-likeness (QED) is 0.771. The summed E-state index contributed by atoms with van der Waals surface area (Å²) in [6.07, 6.45) is -0.748. The van der Waals surface area contributed by atoms with Gasteiger partial charge in [-0.1, -0.05) is 19.9 Å². The number of hydrogen-bond donors (Lipinski definition) is 2. The van der Waals surface area contributed by atoms with E-state index in [0.29, 0.717) is 18.2 Å². The van der Waals surface area contributed by atoms with Crippen molar-refractivity contribution in [2.45, 2.75) is 20.0 Å². The Balaban J connectivity index is 2.48. The molecule has 0 aliphatic heterocycles. The Morgan fingerprint density at radius 2 is 2.08 bits per heavy atom. The van der Waals surface area contributed by atoms with E-state index in [2.05, 4.69) is 10.4 Å². The van der Waals surface area contributed by atoms with E-state index in [-0.39, 0.29) is 11.4 Å². The molecule has 0 unspecified atom stereocenters. The smallest absolute Gasteiger partial charge is 0.383 e. The van der Waals surface area contributed by atoms with Gasteiger partial charge in [-0.25, -0.2) is 4.68 Å². The molecule has 0 bridgehead atoms. The fourth-order valence-electron chi connectivity index (χ4n) is 2.18. The number of allylic oxidation sites excluding steroid dienone is 1. The van der Waals surface area contributed by atoms with Crippen LogP contribution in [0.25, 0.3) is 11.4 Å². The summed E-state index contributed by atoms with van der Waals surface area (Å²) in [7, 11) is 0. The second kappa shape index (κ2) is 7.99. The largest absolute Gasteiger partial charge is 0.416 e. The lowest BCUT2D eigenvalue weighted by Gasteiger charge is -2.14. The monoisotopic (exact) mass is 364 g/mol. The van der Waals surface area contributed by atoms with Crippen LogP contribution in [0, 0.1) is 11.3 Å². The zero-order valence-electron chi connectivity index (χ0n) is 14.3. The minimum atomic E-state index is -4.47. The third-order valence-electron chi connectivity index (χ3n) is 3.45. The van der Waals surface area contributed by atoms with Gasteiger partial charge in [0.1, 0.15) is 0 Å². The third-order valence-corrected chi connectivity index (χ3v) is 3.45. The summed E-state index contributed by atoms with van der Waals surface area (Å²) in [4.78, 5) is 12.2. The van der Waals surface area contributed by atoms with Gasteiger partial charge in [0.05, 0.1) is 16.9 Å². The van der Waals surface area contributed by atoms with E-state index in [9.17, 15) is 18.0 Å². The van der Waals surface area contributed by atoms with Crippen LogP contribution in [-0.2, 0) is 6.18 Å². The Bertz CT molecular complexity index is 869. The van der Waals surface area contributed by atoms with Crippen molar-refractivity contribution in [3.8, 4) is 5.69 Å². The maximum atomic E-state index is 12.9. The molecule has 0 saturated heterocycles. The topological polar surface area (TPSA) is 70.8 Å². The van der Waals surface area contributed by atoms with Crippen LogP contribution in [-0.4, -0.2) is 22.5 Å².